The van der Waals surface area contributed by atoms with Gasteiger partial charge in [-0.1, -0.05) is 48.5 Å². The first-order valence-electron chi connectivity index (χ1n) is 8.59. The number of hydrogen-bond acceptors (Lipinski definition) is 4. The van der Waals surface area contributed by atoms with Crippen LogP contribution in [0.5, 0.6) is 11.5 Å². The average Bonchev–Trinajstić information content (AvgIpc) is 2.73. The summed E-state index contributed by atoms with van der Waals surface area (Å²) in [6, 6.07) is 23.5. The van der Waals surface area contributed by atoms with Crippen LogP contribution in [0.3, 0.4) is 0 Å². The molecule has 0 aliphatic carbocycles. The van der Waals surface area contributed by atoms with Gasteiger partial charge in [-0.05, 0) is 35.9 Å². The van der Waals surface area contributed by atoms with Crippen molar-refractivity contribution in [2.75, 3.05) is 6.61 Å². The molecule has 0 atom stereocenters. The van der Waals surface area contributed by atoms with Gasteiger partial charge in [0.05, 0.1) is 9.80 Å². The van der Waals surface area contributed by atoms with Crippen molar-refractivity contribution in [2.45, 2.75) is 11.5 Å². The lowest BCUT2D eigenvalue weighted by molar-refractivity contribution is 0.301. The summed E-state index contributed by atoms with van der Waals surface area (Å²) in [4.78, 5) is 0.540. The van der Waals surface area contributed by atoms with Crippen LogP contribution >= 0.6 is 0 Å². The molecule has 5 heteroatoms. The van der Waals surface area contributed by atoms with E-state index < -0.39 is 9.84 Å². The van der Waals surface area contributed by atoms with Crippen LogP contribution in [0.4, 0.5) is 0 Å². The molecule has 136 valence electrons. The van der Waals surface area contributed by atoms with E-state index >= 15 is 0 Å². The molecule has 0 radical (unpaired) electrons. The first kappa shape index (κ1) is 17.4. The molecule has 1 heterocycles. The third-order valence-electron chi connectivity index (χ3n) is 4.32. The van der Waals surface area contributed by atoms with Crippen LogP contribution in [0.15, 0.2) is 89.8 Å². The number of hydrogen-bond donors (Lipinski definition) is 0. The summed E-state index contributed by atoms with van der Waals surface area (Å²) in [6.45, 7) is 0.640. The fourth-order valence-corrected chi connectivity index (χ4v) is 4.47. The first-order valence-corrected chi connectivity index (χ1v) is 10.1. The van der Waals surface area contributed by atoms with E-state index in [1.54, 1.807) is 54.6 Å². The Morgan fingerprint density at radius 2 is 1.59 bits per heavy atom. The summed E-state index contributed by atoms with van der Waals surface area (Å²) in [6.07, 6.45) is 1.61. The van der Waals surface area contributed by atoms with E-state index in [1.165, 1.54) is 0 Å². The predicted molar refractivity (Wildman–Crippen MR) is 104 cm³/mol. The topological polar surface area (TPSA) is 52.6 Å². The second-order valence-electron chi connectivity index (χ2n) is 6.13. The van der Waals surface area contributed by atoms with Crippen LogP contribution in [-0.2, 0) is 16.4 Å². The van der Waals surface area contributed by atoms with Gasteiger partial charge in [-0.25, -0.2) is 8.42 Å². The third kappa shape index (κ3) is 3.59. The van der Waals surface area contributed by atoms with Crippen LogP contribution < -0.4 is 9.47 Å². The predicted octanol–water partition coefficient (Wildman–Crippen LogP) is 4.47. The zero-order chi connectivity index (χ0) is 18.7. The van der Waals surface area contributed by atoms with Crippen molar-refractivity contribution in [2.24, 2.45) is 0 Å². The summed E-state index contributed by atoms with van der Waals surface area (Å²) in [7, 11) is -3.60. The van der Waals surface area contributed by atoms with Gasteiger partial charge in [-0.15, -0.1) is 0 Å². The number of ether oxygens (including phenoxy) is 2. The van der Waals surface area contributed by atoms with Gasteiger partial charge in [0.1, 0.15) is 24.7 Å². The lowest BCUT2D eigenvalue weighted by atomic mass is 10.1. The molecule has 0 spiro atoms. The molecule has 0 N–H and O–H groups in total. The molecule has 1 aliphatic heterocycles. The highest BCUT2D eigenvalue weighted by Crippen LogP contribution is 2.38. The largest absolute Gasteiger partial charge is 0.489 e. The van der Waals surface area contributed by atoms with Crippen molar-refractivity contribution >= 4 is 14.7 Å². The molecule has 4 rings (SSSR count). The highest BCUT2D eigenvalue weighted by atomic mass is 32.2. The molecular weight excluding hydrogens is 360 g/mol. The molecule has 0 fully saturated rings. The highest BCUT2D eigenvalue weighted by Gasteiger charge is 2.27. The monoisotopic (exact) mass is 378 g/mol. The molecule has 1 aliphatic rings. The molecule has 0 saturated heterocycles. The fourth-order valence-electron chi connectivity index (χ4n) is 2.95. The van der Waals surface area contributed by atoms with Crippen LogP contribution in [0.25, 0.3) is 4.91 Å². The lowest BCUT2D eigenvalue weighted by Crippen LogP contribution is -2.12. The summed E-state index contributed by atoms with van der Waals surface area (Å²) >= 11 is 0. The standard InChI is InChI=1S/C22H18O4S/c23-27(24,19-9-5-2-6-10-19)22-13-14-25-21-15-18(11-12-20(21)22)26-16-17-7-3-1-4-8-17/h1-13,15H,14,16H2. The zero-order valence-electron chi connectivity index (χ0n) is 14.5. The lowest BCUT2D eigenvalue weighted by Gasteiger charge is -2.20. The summed E-state index contributed by atoms with van der Waals surface area (Å²) in [5, 5.41) is 0. The van der Waals surface area contributed by atoms with Gasteiger partial charge in [0.2, 0.25) is 9.84 Å². The molecule has 0 aromatic heterocycles. The van der Waals surface area contributed by atoms with Crippen LogP contribution in [-0.4, -0.2) is 15.0 Å². The summed E-state index contributed by atoms with van der Waals surface area (Å²) in [5.41, 5.74) is 1.61. The third-order valence-corrected chi connectivity index (χ3v) is 6.18. The highest BCUT2D eigenvalue weighted by molar-refractivity contribution is 8.00. The van der Waals surface area contributed by atoms with Gasteiger partial charge in [0.25, 0.3) is 0 Å². The van der Waals surface area contributed by atoms with E-state index in [9.17, 15) is 8.42 Å². The van der Waals surface area contributed by atoms with Crippen LogP contribution in [0.2, 0.25) is 0 Å². The van der Waals surface area contributed by atoms with E-state index in [2.05, 4.69) is 0 Å². The molecular formula is C22H18O4S. The smallest absolute Gasteiger partial charge is 0.207 e. The zero-order valence-corrected chi connectivity index (χ0v) is 15.4. The Labute approximate surface area is 158 Å². The van der Waals surface area contributed by atoms with Crippen molar-refractivity contribution in [3.8, 4) is 11.5 Å². The van der Waals surface area contributed by atoms with Crippen LogP contribution in [0, 0.1) is 0 Å². The quantitative estimate of drug-likeness (QED) is 0.657. The maximum Gasteiger partial charge on any atom is 0.207 e. The van der Waals surface area contributed by atoms with Gasteiger partial charge >= 0.3 is 0 Å². The number of benzene rings is 3. The van der Waals surface area contributed by atoms with Gasteiger partial charge in [0, 0.05) is 11.6 Å². The molecule has 27 heavy (non-hydrogen) atoms. The SMILES string of the molecule is O=S(=O)(C1=CCOc2cc(OCc3ccccc3)ccc21)c1ccccc1. The number of fused-ring (bicyclic) bond motifs is 1. The van der Waals surface area contributed by atoms with Gasteiger partial charge in [-0.2, -0.15) is 0 Å². The molecule has 0 bridgehead atoms. The van der Waals surface area contributed by atoms with Gasteiger partial charge in [-0.3, -0.25) is 0 Å². The maximum absolute atomic E-state index is 13.0. The Balaban J connectivity index is 1.61. The Kier molecular flexibility index (Phi) is 4.69. The second-order valence-corrected chi connectivity index (χ2v) is 8.05. The Morgan fingerprint density at radius 3 is 2.33 bits per heavy atom. The average molecular weight is 378 g/mol. The van der Waals surface area contributed by atoms with E-state index in [0.29, 0.717) is 23.7 Å². The summed E-state index contributed by atoms with van der Waals surface area (Å²) < 4.78 is 37.5. The van der Waals surface area contributed by atoms with E-state index in [1.807, 2.05) is 30.3 Å². The Bertz CT molecular complexity index is 1070. The summed E-state index contributed by atoms with van der Waals surface area (Å²) in [5.74, 6) is 1.15. The fraction of sp³-hybridized carbons (Fsp3) is 0.0909. The van der Waals surface area contributed by atoms with E-state index in [-0.39, 0.29) is 16.4 Å². The molecule has 4 nitrogen and oxygen atoms in total. The normalized spacial score (nSPS) is 13.3. The van der Waals surface area contributed by atoms with Crippen molar-refractivity contribution in [3.63, 3.8) is 0 Å². The number of rotatable bonds is 5. The van der Waals surface area contributed by atoms with Gasteiger partial charge < -0.3 is 9.47 Å². The maximum atomic E-state index is 13.0. The molecule has 0 saturated carbocycles. The Hall–Kier alpha value is -3.05. The second kappa shape index (κ2) is 7.29. The van der Waals surface area contributed by atoms with Crippen molar-refractivity contribution in [1.82, 2.24) is 0 Å². The minimum absolute atomic E-state index is 0.205. The van der Waals surface area contributed by atoms with Crippen molar-refractivity contribution in [1.29, 1.82) is 0 Å². The molecule has 0 unspecified atom stereocenters. The minimum Gasteiger partial charge on any atom is -0.489 e. The minimum atomic E-state index is -3.60. The van der Waals surface area contributed by atoms with E-state index in [4.69, 9.17) is 9.47 Å². The number of sulfone groups is 1. The molecule has 3 aromatic rings. The van der Waals surface area contributed by atoms with E-state index in [0.717, 1.165) is 5.56 Å². The Morgan fingerprint density at radius 1 is 0.889 bits per heavy atom. The molecule has 3 aromatic carbocycles. The van der Waals surface area contributed by atoms with Crippen LogP contribution in [0.1, 0.15) is 11.1 Å². The van der Waals surface area contributed by atoms with Crippen molar-refractivity contribution < 1.29 is 17.9 Å². The first-order chi connectivity index (χ1) is 13.1. The van der Waals surface area contributed by atoms with Gasteiger partial charge in [0.15, 0.2) is 0 Å². The molecule has 0 amide bonds. The van der Waals surface area contributed by atoms with Crippen molar-refractivity contribution in [3.05, 3.63) is 96.1 Å².